The zero-order valence-electron chi connectivity index (χ0n) is 13.9. The van der Waals surface area contributed by atoms with Gasteiger partial charge < -0.3 is 5.11 Å². The van der Waals surface area contributed by atoms with Gasteiger partial charge in [-0.1, -0.05) is 97.1 Å². The quantitative estimate of drug-likeness (QED) is 0.424. The van der Waals surface area contributed by atoms with E-state index in [9.17, 15) is 4.79 Å². The lowest BCUT2D eigenvalue weighted by Gasteiger charge is -2.32. The zero-order valence-corrected chi connectivity index (χ0v) is 14.9. The van der Waals surface area contributed by atoms with Gasteiger partial charge in [0.2, 0.25) is 0 Å². The van der Waals surface area contributed by atoms with Crippen LogP contribution in [0.25, 0.3) is 0 Å². The lowest BCUT2D eigenvalue weighted by atomic mass is 10.3. The predicted molar refractivity (Wildman–Crippen MR) is 106 cm³/mol. The molecule has 0 aliphatic rings. The van der Waals surface area contributed by atoms with Gasteiger partial charge in [0.1, 0.15) is 0 Å². The summed E-state index contributed by atoms with van der Waals surface area (Å²) in [5.41, 5.74) is 0. The molecule has 3 aromatic rings. The second-order valence-corrected chi connectivity index (χ2v) is 9.90. The number of benzene rings is 3. The Labute approximate surface area is 149 Å². The fraction of sp³-hybridized carbons (Fsp3) is 0.0455. The molecular weight excluding hydrogens is 324 g/mol. The van der Waals surface area contributed by atoms with Gasteiger partial charge in [-0.25, -0.2) is 4.79 Å². The van der Waals surface area contributed by atoms with E-state index in [0.717, 1.165) is 0 Å². The van der Waals surface area contributed by atoms with Crippen LogP contribution in [0.15, 0.2) is 103 Å². The van der Waals surface area contributed by atoms with Crippen molar-refractivity contribution in [1.29, 1.82) is 0 Å². The first-order chi connectivity index (χ1) is 12.2. The highest BCUT2D eigenvalue weighted by atomic mass is 28.3. The van der Waals surface area contributed by atoms with Crippen LogP contribution >= 0.6 is 0 Å². The summed E-state index contributed by atoms with van der Waals surface area (Å²) in [6, 6.07) is 32.1. The van der Waals surface area contributed by atoms with Crippen LogP contribution < -0.4 is 15.6 Å². The summed E-state index contributed by atoms with van der Waals surface area (Å²) < 4.78 is 0. The maximum absolute atomic E-state index is 11.0. The Morgan fingerprint density at radius 2 is 1.08 bits per heavy atom. The first kappa shape index (κ1) is 16.9. The summed E-state index contributed by atoms with van der Waals surface area (Å²) in [5, 5.41) is 12.9. The molecule has 0 saturated heterocycles. The monoisotopic (exact) mass is 344 g/mol. The molecule has 124 valence electrons. The van der Waals surface area contributed by atoms with E-state index in [1.54, 1.807) is 0 Å². The van der Waals surface area contributed by atoms with E-state index < -0.39 is 14.0 Å². The van der Waals surface area contributed by atoms with Gasteiger partial charge in [-0.3, -0.25) is 0 Å². The molecule has 1 N–H and O–H groups in total. The van der Waals surface area contributed by atoms with E-state index in [4.69, 9.17) is 5.11 Å². The molecule has 0 atom stereocenters. The number of hydrogen-bond donors (Lipinski definition) is 1. The van der Waals surface area contributed by atoms with Gasteiger partial charge in [-0.15, -0.1) is 0 Å². The minimum Gasteiger partial charge on any atom is -0.478 e. The highest BCUT2D eigenvalue weighted by molar-refractivity contribution is 7.11. The first-order valence-electron chi connectivity index (χ1n) is 8.29. The smallest absolute Gasteiger partial charge is 0.327 e. The van der Waals surface area contributed by atoms with Crippen molar-refractivity contribution in [3.63, 3.8) is 0 Å². The molecule has 0 heterocycles. The molecule has 0 radical (unpaired) electrons. The molecule has 2 nitrogen and oxygen atoms in total. The van der Waals surface area contributed by atoms with Crippen LogP contribution in [0.1, 0.15) is 0 Å². The average Bonchev–Trinajstić information content (AvgIpc) is 2.67. The van der Waals surface area contributed by atoms with Gasteiger partial charge in [-0.2, -0.15) is 0 Å². The van der Waals surface area contributed by atoms with E-state index in [1.807, 2.05) is 24.3 Å². The molecular formula is C22H20O2Si. The molecule has 3 heteroatoms. The van der Waals surface area contributed by atoms with Crippen molar-refractivity contribution in [3.05, 3.63) is 103 Å². The Kier molecular flexibility index (Phi) is 5.26. The van der Waals surface area contributed by atoms with Gasteiger partial charge in [0.05, 0.1) is 0 Å². The van der Waals surface area contributed by atoms with Crippen LogP contribution in [0, 0.1) is 0 Å². The van der Waals surface area contributed by atoms with Crippen LogP contribution in [0.4, 0.5) is 0 Å². The molecule has 3 aromatic carbocycles. The predicted octanol–water partition coefficient (Wildman–Crippen LogP) is 2.80. The largest absolute Gasteiger partial charge is 0.478 e. The lowest BCUT2D eigenvalue weighted by Crippen LogP contribution is -2.66. The first-order valence-corrected chi connectivity index (χ1v) is 10.5. The Morgan fingerprint density at radius 3 is 1.40 bits per heavy atom. The number of allylic oxidation sites excluding steroid dienone is 1. The third-order valence-electron chi connectivity index (χ3n) is 4.48. The third-order valence-corrected chi connectivity index (χ3v) is 9.29. The summed E-state index contributed by atoms with van der Waals surface area (Å²) >= 11 is 0. The standard InChI is InChI=1S/C22H20O2Si/c23-22(24)17-10-18-25(19-11-4-1-5-12-19,20-13-6-2-7-14-20)21-15-8-3-9-16-21/h1-17H,18H2,(H,23,24)/b17-10+. The molecule has 0 bridgehead atoms. The number of carbonyl (C=O) groups is 1. The summed E-state index contributed by atoms with van der Waals surface area (Å²) in [6.45, 7) is 0. The summed E-state index contributed by atoms with van der Waals surface area (Å²) in [7, 11) is -2.34. The minimum absolute atomic E-state index is 0.706. The number of carboxylic acid groups (broad SMARTS) is 1. The molecule has 0 aliphatic carbocycles. The molecule has 0 aromatic heterocycles. The SMILES string of the molecule is O=C(O)/C=C/C[Si](c1ccccc1)(c1ccccc1)c1ccccc1. The van der Waals surface area contributed by atoms with Crippen LogP contribution in [-0.2, 0) is 4.79 Å². The number of rotatable bonds is 6. The maximum atomic E-state index is 11.0. The topological polar surface area (TPSA) is 37.3 Å². The second-order valence-electron chi connectivity index (χ2n) is 5.95. The van der Waals surface area contributed by atoms with E-state index in [1.165, 1.54) is 21.6 Å². The van der Waals surface area contributed by atoms with Crippen molar-refractivity contribution in [3.8, 4) is 0 Å². The van der Waals surface area contributed by atoms with Gasteiger partial charge >= 0.3 is 5.97 Å². The molecule has 0 spiro atoms. The third kappa shape index (κ3) is 3.62. The minimum atomic E-state index is -2.34. The van der Waals surface area contributed by atoms with Gasteiger partial charge in [0.25, 0.3) is 0 Å². The summed E-state index contributed by atoms with van der Waals surface area (Å²) in [4.78, 5) is 11.0. The Hall–Kier alpha value is -2.91. The van der Waals surface area contributed by atoms with Crippen molar-refractivity contribution < 1.29 is 9.90 Å². The molecule has 3 rings (SSSR count). The van der Waals surface area contributed by atoms with Crippen molar-refractivity contribution >= 4 is 29.6 Å². The van der Waals surface area contributed by atoms with Crippen molar-refractivity contribution in [2.45, 2.75) is 6.04 Å². The molecule has 25 heavy (non-hydrogen) atoms. The lowest BCUT2D eigenvalue weighted by molar-refractivity contribution is -0.131. The van der Waals surface area contributed by atoms with E-state index >= 15 is 0 Å². The molecule has 0 saturated carbocycles. The number of aliphatic carboxylic acids is 1. The number of hydrogen-bond acceptors (Lipinski definition) is 1. The van der Waals surface area contributed by atoms with Crippen LogP contribution in [0.2, 0.25) is 6.04 Å². The van der Waals surface area contributed by atoms with E-state index in [2.05, 4.69) is 72.8 Å². The van der Waals surface area contributed by atoms with Gasteiger partial charge in [0, 0.05) is 6.08 Å². The molecule has 0 unspecified atom stereocenters. The Bertz CT molecular complexity index is 746. The molecule has 0 fully saturated rings. The number of carboxylic acids is 1. The fourth-order valence-electron chi connectivity index (χ4n) is 3.36. The van der Waals surface area contributed by atoms with Crippen LogP contribution in [0.3, 0.4) is 0 Å². The van der Waals surface area contributed by atoms with Gasteiger partial charge in [-0.05, 0) is 21.6 Å². The van der Waals surface area contributed by atoms with Gasteiger partial charge in [0.15, 0.2) is 8.07 Å². The molecule has 0 amide bonds. The summed E-state index contributed by atoms with van der Waals surface area (Å²) in [5.74, 6) is -0.905. The van der Waals surface area contributed by atoms with Crippen LogP contribution in [0.5, 0.6) is 0 Å². The average molecular weight is 344 g/mol. The maximum Gasteiger partial charge on any atom is 0.327 e. The highest BCUT2D eigenvalue weighted by Gasteiger charge is 2.37. The van der Waals surface area contributed by atoms with Crippen molar-refractivity contribution in [1.82, 2.24) is 0 Å². The van der Waals surface area contributed by atoms with E-state index in [0.29, 0.717) is 6.04 Å². The normalized spacial score (nSPS) is 11.5. The zero-order chi connectivity index (χ0) is 17.5. The second kappa shape index (κ2) is 7.77. The Morgan fingerprint density at radius 1 is 0.720 bits per heavy atom. The Balaban J connectivity index is 2.25. The van der Waals surface area contributed by atoms with Crippen molar-refractivity contribution in [2.24, 2.45) is 0 Å². The van der Waals surface area contributed by atoms with E-state index in [-0.39, 0.29) is 0 Å². The van der Waals surface area contributed by atoms with Crippen molar-refractivity contribution in [2.75, 3.05) is 0 Å². The molecule has 0 aliphatic heterocycles. The summed E-state index contributed by atoms with van der Waals surface area (Å²) in [6.07, 6.45) is 3.07. The fourth-order valence-corrected chi connectivity index (χ4v) is 7.82. The van der Waals surface area contributed by atoms with Crippen LogP contribution in [-0.4, -0.2) is 19.1 Å². The highest BCUT2D eigenvalue weighted by Crippen LogP contribution is 2.13.